The van der Waals surface area contributed by atoms with E-state index in [1.54, 1.807) is 11.0 Å². The summed E-state index contributed by atoms with van der Waals surface area (Å²) in [4.78, 5) is 14.2. The van der Waals surface area contributed by atoms with Crippen LogP contribution in [0.5, 0.6) is 0 Å². The molecule has 0 radical (unpaired) electrons. The van der Waals surface area contributed by atoms with Crippen molar-refractivity contribution < 1.29 is 9.21 Å². The molecule has 0 N–H and O–H groups in total. The quantitative estimate of drug-likeness (QED) is 0.801. The molecule has 94 valence electrons. The van der Waals surface area contributed by atoms with Crippen LogP contribution in [-0.2, 0) is 0 Å². The second-order valence-electron chi connectivity index (χ2n) is 4.16. The van der Waals surface area contributed by atoms with Crippen LogP contribution in [0, 0.1) is 0 Å². The topological polar surface area (TPSA) is 33.5 Å². The average molecular weight is 243 g/mol. The molecule has 1 amide bonds. The van der Waals surface area contributed by atoms with Crippen molar-refractivity contribution in [3.8, 4) is 0 Å². The Kier molecular flexibility index (Phi) is 4.18. The van der Waals surface area contributed by atoms with Crippen LogP contribution in [-0.4, -0.2) is 12.5 Å². The molecule has 0 saturated heterocycles. The molecule has 0 saturated carbocycles. The van der Waals surface area contributed by atoms with Gasteiger partial charge in [-0.3, -0.25) is 4.79 Å². The van der Waals surface area contributed by atoms with E-state index in [9.17, 15) is 4.79 Å². The summed E-state index contributed by atoms with van der Waals surface area (Å²) >= 11 is 0. The lowest BCUT2D eigenvalue weighted by atomic mass is 10.2. The van der Waals surface area contributed by atoms with Gasteiger partial charge in [-0.2, -0.15) is 0 Å². The molecule has 1 aromatic carbocycles. The van der Waals surface area contributed by atoms with Crippen molar-refractivity contribution in [2.75, 3.05) is 11.4 Å². The van der Waals surface area contributed by atoms with Crippen LogP contribution >= 0.6 is 0 Å². The van der Waals surface area contributed by atoms with Gasteiger partial charge in [0.25, 0.3) is 5.91 Å². The molecule has 2 aromatic rings. The zero-order valence-electron chi connectivity index (χ0n) is 10.5. The summed E-state index contributed by atoms with van der Waals surface area (Å²) < 4.78 is 4.98. The number of hydrogen-bond acceptors (Lipinski definition) is 2. The summed E-state index contributed by atoms with van der Waals surface area (Å²) in [5.74, 6) is -0.0107. The van der Waals surface area contributed by atoms with Crippen LogP contribution in [0.2, 0.25) is 0 Å². The third-order valence-corrected chi connectivity index (χ3v) is 2.82. The number of benzene rings is 1. The van der Waals surface area contributed by atoms with E-state index >= 15 is 0 Å². The summed E-state index contributed by atoms with van der Waals surface area (Å²) in [5.41, 5.74) is 1.52. The first-order valence-corrected chi connectivity index (χ1v) is 6.22. The predicted octanol–water partition coefficient (Wildman–Crippen LogP) is 3.73. The third kappa shape index (κ3) is 2.80. The maximum atomic E-state index is 12.4. The fraction of sp³-hybridized carbons (Fsp3) is 0.267. The molecular weight excluding hydrogens is 226 g/mol. The zero-order valence-corrected chi connectivity index (χ0v) is 10.5. The number of furan rings is 1. The summed E-state index contributed by atoms with van der Waals surface area (Å²) in [7, 11) is 0. The van der Waals surface area contributed by atoms with Crippen molar-refractivity contribution in [2.24, 2.45) is 0 Å². The lowest BCUT2D eigenvalue weighted by molar-refractivity contribution is 0.0986. The highest BCUT2D eigenvalue weighted by molar-refractivity contribution is 6.05. The number of rotatable bonds is 5. The van der Waals surface area contributed by atoms with Gasteiger partial charge in [0, 0.05) is 12.2 Å². The van der Waals surface area contributed by atoms with Crippen LogP contribution in [0.1, 0.15) is 30.1 Å². The highest BCUT2D eigenvalue weighted by Crippen LogP contribution is 2.17. The first kappa shape index (κ1) is 12.4. The largest absolute Gasteiger partial charge is 0.472 e. The van der Waals surface area contributed by atoms with Crippen LogP contribution in [0.3, 0.4) is 0 Å². The number of anilines is 1. The van der Waals surface area contributed by atoms with E-state index in [0.717, 1.165) is 25.1 Å². The molecule has 0 bridgehead atoms. The smallest absolute Gasteiger partial charge is 0.261 e. The Hall–Kier alpha value is -2.03. The molecule has 1 heterocycles. The molecule has 0 atom stereocenters. The Labute approximate surface area is 107 Å². The predicted molar refractivity (Wildman–Crippen MR) is 71.7 cm³/mol. The van der Waals surface area contributed by atoms with Gasteiger partial charge in [0.1, 0.15) is 6.26 Å². The van der Waals surface area contributed by atoms with Crippen molar-refractivity contribution in [3.63, 3.8) is 0 Å². The molecule has 18 heavy (non-hydrogen) atoms. The minimum Gasteiger partial charge on any atom is -0.472 e. The van der Waals surface area contributed by atoms with Gasteiger partial charge in [0.2, 0.25) is 0 Å². The fourth-order valence-corrected chi connectivity index (χ4v) is 1.81. The monoisotopic (exact) mass is 243 g/mol. The first-order valence-electron chi connectivity index (χ1n) is 6.22. The molecule has 3 heteroatoms. The van der Waals surface area contributed by atoms with E-state index in [4.69, 9.17) is 4.42 Å². The van der Waals surface area contributed by atoms with E-state index < -0.39 is 0 Å². The molecule has 1 aromatic heterocycles. The second kappa shape index (κ2) is 6.05. The molecule has 0 aliphatic rings. The van der Waals surface area contributed by atoms with Gasteiger partial charge < -0.3 is 9.32 Å². The Balaban J connectivity index is 2.23. The number of amides is 1. The zero-order chi connectivity index (χ0) is 12.8. The van der Waals surface area contributed by atoms with E-state index in [0.29, 0.717) is 5.56 Å². The van der Waals surface area contributed by atoms with Gasteiger partial charge >= 0.3 is 0 Å². The van der Waals surface area contributed by atoms with Gasteiger partial charge in [-0.15, -0.1) is 0 Å². The number of unbranched alkanes of at least 4 members (excludes halogenated alkanes) is 1. The van der Waals surface area contributed by atoms with Gasteiger partial charge in [0.05, 0.1) is 11.8 Å². The minimum atomic E-state index is -0.0107. The van der Waals surface area contributed by atoms with Crippen molar-refractivity contribution >= 4 is 11.6 Å². The lowest BCUT2D eigenvalue weighted by Crippen LogP contribution is -2.31. The normalized spacial score (nSPS) is 10.3. The van der Waals surface area contributed by atoms with Crippen molar-refractivity contribution in [2.45, 2.75) is 19.8 Å². The Morgan fingerprint density at radius 1 is 1.22 bits per heavy atom. The number of para-hydroxylation sites is 1. The minimum absolute atomic E-state index is 0.0107. The van der Waals surface area contributed by atoms with Gasteiger partial charge in [-0.25, -0.2) is 0 Å². The van der Waals surface area contributed by atoms with Crippen molar-refractivity contribution in [1.82, 2.24) is 0 Å². The van der Waals surface area contributed by atoms with E-state index in [2.05, 4.69) is 6.92 Å². The second-order valence-corrected chi connectivity index (χ2v) is 4.16. The molecule has 0 aliphatic heterocycles. The SMILES string of the molecule is CCCCN(C(=O)c1ccoc1)c1ccccc1. The summed E-state index contributed by atoms with van der Waals surface area (Å²) in [6.45, 7) is 2.84. The standard InChI is InChI=1S/C15H17NO2/c1-2-3-10-16(14-7-5-4-6-8-14)15(17)13-9-11-18-12-13/h4-9,11-12H,2-3,10H2,1H3. The van der Waals surface area contributed by atoms with E-state index in [-0.39, 0.29) is 5.91 Å². The van der Waals surface area contributed by atoms with Crippen molar-refractivity contribution in [3.05, 3.63) is 54.5 Å². The summed E-state index contributed by atoms with van der Waals surface area (Å²) in [6, 6.07) is 11.4. The van der Waals surface area contributed by atoms with Crippen LogP contribution in [0.4, 0.5) is 5.69 Å². The number of nitrogens with zero attached hydrogens (tertiary/aromatic N) is 1. The average Bonchev–Trinajstić information content (AvgIpc) is 2.94. The molecule has 0 aliphatic carbocycles. The number of carbonyl (C=O) groups is 1. The Bertz CT molecular complexity index is 476. The summed E-state index contributed by atoms with van der Waals surface area (Å²) in [6.07, 6.45) is 5.06. The molecular formula is C15H17NO2. The maximum Gasteiger partial charge on any atom is 0.261 e. The molecule has 2 rings (SSSR count). The molecule has 0 spiro atoms. The summed E-state index contributed by atoms with van der Waals surface area (Å²) in [5, 5.41) is 0. The third-order valence-electron chi connectivity index (χ3n) is 2.82. The first-order chi connectivity index (χ1) is 8.83. The maximum absolute atomic E-state index is 12.4. The number of hydrogen-bond donors (Lipinski definition) is 0. The van der Waals surface area contributed by atoms with Crippen LogP contribution in [0.25, 0.3) is 0 Å². The van der Waals surface area contributed by atoms with E-state index in [1.165, 1.54) is 12.5 Å². The highest BCUT2D eigenvalue weighted by Gasteiger charge is 2.17. The molecule has 3 nitrogen and oxygen atoms in total. The Morgan fingerprint density at radius 2 is 2.00 bits per heavy atom. The highest BCUT2D eigenvalue weighted by atomic mass is 16.3. The van der Waals surface area contributed by atoms with Crippen molar-refractivity contribution in [1.29, 1.82) is 0 Å². The number of carbonyl (C=O) groups excluding carboxylic acids is 1. The van der Waals surface area contributed by atoms with Crippen LogP contribution < -0.4 is 4.90 Å². The molecule has 0 fully saturated rings. The Morgan fingerprint density at radius 3 is 2.61 bits per heavy atom. The van der Waals surface area contributed by atoms with Gasteiger partial charge in [-0.05, 0) is 24.6 Å². The van der Waals surface area contributed by atoms with Crippen LogP contribution in [0.15, 0.2) is 53.3 Å². The van der Waals surface area contributed by atoms with E-state index in [1.807, 2.05) is 30.3 Å². The fourth-order valence-electron chi connectivity index (χ4n) is 1.81. The lowest BCUT2D eigenvalue weighted by Gasteiger charge is -2.22. The van der Waals surface area contributed by atoms with Gasteiger partial charge in [-0.1, -0.05) is 31.5 Å². The molecule has 0 unspecified atom stereocenters. The van der Waals surface area contributed by atoms with Gasteiger partial charge in [0.15, 0.2) is 0 Å².